The smallest absolute Gasteiger partial charge is 0.337 e. The van der Waals surface area contributed by atoms with Crippen LogP contribution in [0.5, 0.6) is 0 Å². The minimum atomic E-state index is -0.524. The highest BCUT2D eigenvalue weighted by atomic mass is 16.5. The average Bonchev–Trinajstić information content (AvgIpc) is 3.15. The first-order valence-corrected chi connectivity index (χ1v) is 9.29. The van der Waals surface area contributed by atoms with Crippen LogP contribution in [0.4, 0.5) is 5.69 Å². The van der Waals surface area contributed by atoms with Gasteiger partial charge < -0.3 is 19.9 Å². The van der Waals surface area contributed by atoms with Crippen LogP contribution in [-0.4, -0.2) is 30.1 Å². The van der Waals surface area contributed by atoms with Gasteiger partial charge in [0.25, 0.3) is 5.91 Å². The number of ether oxygens (including phenoxy) is 1. The van der Waals surface area contributed by atoms with E-state index in [1.807, 2.05) is 0 Å². The zero-order chi connectivity index (χ0) is 20.1. The summed E-state index contributed by atoms with van der Waals surface area (Å²) in [6.07, 6.45) is 3.98. The van der Waals surface area contributed by atoms with Crippen molar-refractivity contribution in [1.82, 2.24) is 10.5 Å². The predicted molar refractivity (Wildman–Crippen MR) is 101 cm³/mol. The Morgan fingerprint density at radius 1 is 1.18 bits per heavy atom. The van der Waals surface area contributed by atoms with Gasteiger partial charge in [-0.25, -0.2) is 4.79 Å². The average molecular weight is 385 g/mol. The van der Waals surface area contributed by atoms with Crippen LogP contribution in [0.1, 0.15) is 63.9 Å². The van der Waals surface area contributed by atoms with Crippen LogP contribution in [0, 0.1) is 0 Å². The second kappa shape index (κ2) is 8.69. The van der Waals surface area contributed by atoms with Gasteiger partial charge >= 0.3 is 5.97 Å². The quantitative estimate of drug-likeness (QED) is 0.740. The number of hydrogen-bond donors (Lipinski definition) is 2. The molecule has 2 N–H and O–H groups in total. The Morgan fingerprint density at radius 3 is 2.71 bits per heavy atom. The molecule has 8 heteroatoms. The molecule has 0 fully saturated rings. The summed E-state index contributed by atoms with van der Waals surface area (Å²) < 4.78 is 10.0. The van der Waals surface area contributed by atoms with E-state index in [9.17, 15) is 14.4 Å². The van der Waals surface area contributed by atoms with E-state index < -0.39 is 5.97 Å². The maximum Gasteiger partial charge on any atom is 0.337 e. The molecule has 0 spiro atoms. The van der Waals surface area contributed by atoms with Crippen LogP contribution in [-0.2, 0) is 28.9 Å². The van der Waals surface area contributed by atoms with Crippen LogP contribution in [0.2, 0.25) is 0 Å². The Balaban J connectivity index is 1.76. The van der Waals surface area contributed by atoms with Crippen molar-refractivity contribution >= 4 is 23.5 Å². The van der Waals surface area contributed by atoms with Crippen molar-refractivity contribution in [1.29, 1.82) is 0 Å². The van der Waals surface area contributed by atoms with Crippen LogP contribution in [0.15, 0.2) is 22.7 Å². The maximum absolute atomic E-state index is 12.5. The molecule has 1 aliphatic carbocycles. The molecule has 1 aliphatic rings. The number of fused-ring (bicyclic) bond motifs is 1. The number of benzene rings is 1. The molecule has 148 valence electrons. The molecular formula is C20H23N3O5. The minimum absolute atomic E-state index is 0.161. The van der Waals surface area contributed by atoms with E-state index in [0.29, 0.717) is 17.7 Å². The van der Waals surface area contributed by atoms with Gasteiger partial charge in [-0.2, -0.15) is 0 Å². The third-order valence-electron chi connectivity index (χ3n) is 4.64. The van der Waals surface area contributed by atoms with Gasteiger partial charge in [-0.3, -0.25) is 9.59 Å². The summed E-state index contributed by atoms with van der Waals surface area (Å²) in [6, 6.07) is 4.86. The first-order chi connectivity index (χ1) is 13.5. The van der Waals surface area contributed by atoms with E-state index in [2.05, 4.69) is 15.8 Å². The molecule has 1 heterocycles. The number of anilines is 1. The van der Waals surface area contributed by atoms with Crippen LogP contribution >= 0.6 is 0 Å². The number of nitrogens with zero attached hydrogens (tertiary/aromatic N) is 1. The number of rotatable bonds is 6. The number of carbonyl (C=O) groups is 3. The monoisotopic (exact) mass is 385 g/mol. The van der Waals surface area contributed by atoms with Crippen molar-refractivity contribution in [2.24, 2.45) is 0 Å². The zero-order valence-corrected chi connectivity index (χ0v) is 16.0. The Morgan fingerprint density at radius 2 is 1.96 bits per heavy atom. The number of methoxy groups -OCH3 is 1. The van der Waals surface area contributed by atoms with Gasteiger partial charge in [0, 0.05) is 24.2 Å². The fraction of sp³-hybridized carbons (Fsp3) is 0.400. The van der Waals surface area contributed by atoms with E-state index in [4.69, 9.17) is 9.26 Å². The minimum Gasteiger partial charge on any atom is -0.465 e. The van der Waals surface area contributed by atoms with Crippen molar-refractivity contribution in [2.75, 3.05) is 12.4 Å². The Labute approximate surface area is 162 Å². The second-order valence-electron chi connectivity index (χ2n) is 6.64. The number of esters is 1. The van der Waals surface area contributed by atoms with Crippen molar-refractivity contribution in [3.8, 4) is 0 Å². The van der Waals surface area contributed by atoms with Crippen LogP contribution in [0.3, 0.4) is 0 Å². The molecule has 8 nitrogen and oxygen atoms in total. The summed E-state index contributed by atoms with van der Waals surface area (Å²) in [5, 5.41) is 9.51. The third-order valence-corrected chi connectivity index (χ3v) is 4.64. The summed E-state index contributed by atoms with van der Waals surface area (Å²) in [7, 11) is 1.29. The Bertz CT molecular complexity index is 903. The highest BCUT2D eigenvalue weighted by Crippen LogP contribution is 2.24. The lowest BCUT2D eigenvalue weighted by atomic mass is 9.96. The lowest BCUT2D eigenvalue weighted by Gasteiger charge is -2.11. The summed E-state index contributed by atoms with van der Waals surface area (Å²) >= 11 is 0. The summed E-state index contributed by atoms with van der Waals surface area (Å²) in [5.41, 5.74) is 3.14. The van der Waals surface area contributed by atoms with Crippen molar-refractivity contribution in [3.05, 3.63) is 46.3 Å². The lowest BCUT2D eigenvalue weighted by molar-refractivity contribution is -0.115. The van der Waals surface area contributed by atoms with Gasteiger partial charge in [0.1, 0.15) is 0 Å². The van der Waals surface area contributed by atoms with Crippen LogP contribution < -0.4 is 10.6 Å². The van der Waals surface area contributed by atoms with Crippen molar-refractivity contribution < 1.29 is 23.6 Å². The van der Waals surface area contributed by atoms with Crippen molar-refractivity contribution in [2.45, 2.75) is 45.6 Å². The van der Waals surface area contributed by atoms with E-state index in [1.54, 1.807) is 19.1 Å². The van der Waals surface area contributed by atoms with E-state index in [0.717, 1.165) is 36.9 Å². The van der Waals surface area contributed by atoms with Gasteiger partial charge in [0.2, 0.25) is 11.7 Å². The molecule has 3 rings (SSSR count). The van der Waals surface area contributed by atoms with Gasteiger partial charge in [0.05, 0.1) is 18.4 Å². The first kappa shape index (κ1) is 19.6. The fourth-order valence-electron chi connectivity index (χ4n) is 3.18. The number of hydrogen-bond acceptors (Lipinski definition) is 6. The molecule has 1 aromatic carbocycles. The lowest BCUT2D eigenvalue weighted by Crippen LogP contribution is -2.24. The standard InChI is InChI=1S/C20H23N3O5/c1-3-17(24)22-14-9-12(8-13(10-14)20(26)27-2)11-21-19(25)18-15-6-4-5-7-16(15)23-28-18/h8-10H,3-7,11H2,1-2H3,(H,21,25)(H,22,24). The van der Waals surface area contributed by atoms with Gasteiger partial charge in [-0.05, 0) is 49.4 Å². The second-order valence-corrected chi connectivity index (χ2v) is 6.64. The number of amides is 2. The molecule has 0 saturated heterocycles. The van der Waals surface area contributed by atoms with E-state index >= 15 is 0 Å². The summed E-state index contributed by atoms with van der Waals surface area (Å²) in [4.78, 5) is 36.1. The van der Waals surface area contributed by atoms with Crippen molar-refractivity contribution in [3.63, 3.8) is 0 Å². The summed E-state index contributed by atoms with van der Waals surface area (Å²) in [5.74, 6) is -0.800. The molecule has 0 bridgehead atoms. The highest BCUT2D eigenvalue weighted by molar-refractivity contribution is 5.95. The fourth-order valence-corrected chi connectivity index (χ4v) is 3.18. The van der Waals surface area contributed by atoms with Gasteiger partial charge in [-0.1, -0.05) is 12.1 Å². The van der Waals surface area contributed by atoms with Crippen LogP contribution in [0.25, 0.3) is 0 Å². The van der Waals surface area contributed by atoms with E-state index in [-0.39, 0.29) is 29.7 Å². The molecule has 2 aromatic rings. The third kappa shape index (κ3) is 4.39. The first-order valence-electron chi connectivity index (χ1n) is 9.29. The van der Waals surface area contributed by atoms with E-state index in [1.165, 1.54) is 13.2 Å². The molecular weight excluding hydrogens is 362 g/mol. The highest BCUT2D eigenvalue weighted by Gasteiger charge is 2.24. The SMILES string of the molecule is CCC(=O)Nc1cc(CNC(=O)c2onc3c2CCCC3)cc(C(=O)OC)c1. The predicted octanol–water partition coefficient (Wildman–Crippen LogP) is 2.62. The van der Waals surface area contributed by atoms with Gasteiger partial charge in [0.15, 0.2) is 0 Å². The largest absolute Gasteiger partial charge is 0.465 e. The number of carbonyl (C=O) groups excluding carboxylic acids is 3. The molecule has 2 amide bonds. The van der Waals surface area contributed by atoms with Gasteiger partial charge in [-0.15, -0.1) is 0 Å². The topological polar surface area (TPSA) is 111 Å². The Kier molecular flexibility index (Phi) is 6.08. The normalized spacial score (nSPS) is 12.8. The molecule has 28 heavy (non-hydrogen) atoms. The molecule has 0 aliphatic heterocycles. The maximum atomic E-state index is 12.5. The molecule has 0 radical (unpaired) electrons. The summed E-state index contributed by atoms with van der Waals surface area (Å²) in [6.45, 7) is 1.90. The number of aromatic nitrogens is 1. The zero-order valence-electron chi connectivity index (χ0n) is 16.0. The number of nitrogens with one attached hydrogen (secondary N) is 2. The number of aryl methyl sites for hydroxylation is 1. The Hall–Kier alpha value is -3.16. The molecule has 0 unspecified atom stereocenters. The molecule has 1 aromatic heterocycles. The molecule has 0 atom stereocenters. The molecule has 0 saturated carbocycles.